The summed E-state index contributed by atoms with van der Waals surface area (Å²) >= 11 is 0. The first-order valence-corrected chi connectivity index (χ1v) is 42.1. The number of aliphatic hydroxyl groups excluding tert-OH is 1. The summed E-state index contributed by atoms with van der Waals surface area (Å²) in [6, 6.07) is 61.5. The molecular weight excluding hydrogens is 1460 g/mol. The third-order valence-corrected chi connectivity index (χ3v) is 23.4. The van der Waals surface area contributed by atoms with Gasteiger partial charge >= 0.3 is 0 Å². The molecule has 0 aliphatic carbocycles. The number of aldehydes is 3. The second kappa shape index (κ2) is 53.4. The van der Waals surface area contributed by atoms with Crippen molar-refractivity contribution < 1.29 is 49.5 Å². The van der Waals surface area contributed by atoms with Crippen molar-refractivity contribution in [3.63, 3.8) is 0 Å². The predicted octanol–water partition coefficient (Wildman–Crippen LogP) is 17.4. The number of anilines is 7. The Hall–Kier alpha value is -8.64. The molecule has 0 spiro atoms. The molecule has 1 aliphatic rings. The van der Waals surface area contributed by atoms with Gasteiger partial charge in [-0.3, -0.25) is 18.6 Å². The SMILES string of the molecule is C.C.CCN(CC)CC.CC[N+](CC)(CC)CCN(C)c1ccc(C2Cc3ccccc3N2C)cc1.CC[N+](CC)(CC)CCN(C)c1ccc(C=O)cc1.CN(CCO)c1ccc(C=O)cc1.CNc1ccccc1NC.Cc1ccc(S(=O)(=O)Cl)cc1.Cc1ccc(S(=O)(=O)OCCN(C)c2ccc(C=O)cc2)cc1. The highest BCUT2D eigenvalue weighted by Crippen LogP contribution is 2.39. The van der Waals surface area contributed by atoms with Crippen LogP contribution in [0.2, 0.25) is 0 Å². The summed E-state index contributed by atoms with van der Waals surface area (Å²) < 4.78 is 53.0. The van der Waals surface area contributed by atoms with E-state index >= 15 is 0 Å². The van der Waals surface area contributed by atoms with Crippen molar-refractivity contribution in [3.8, 4) is 0 Å². The molecule has 0 saturated carbocycles. The number of halogens is 1. The summed E-state index contributed by atoms with van der Waals surface area (Å²) in [6.07, 6.45) is 3.58. The number of hydrogen-bond acceptors (Lipinski definition) is 17. The number of nitrogens with one attached hydrogen (secondary N) is 2. The molecule has 8 aromatic carbocycles. The zero-order valence-electron chi connectivity index (χ0n) is 69.0. The van der Waals surface area contributed by atoms with Crippen LogP contribution >= 0.6 is 10.7 Å². The topological polar surface area (TPSA) is 192 Å². The Labute approximate surface area is 680 Å². The largest absolute Gasteiger partial charge is 0.395 e. The van der Waals surface area contributed by atoms with Gasteiger partial charge in [-0.2, -0.15) is 8.42 Å². The van der Waals surface area contributed by atoms with Crippen LogP contribution in [0.5, 0.6) is 0 Å². The van der Waals surface area contributed by atoms with E-state index in [-0.39, 0.29) is 37.9 Å². The molecule has 1 heterocycles. The van der Waals surface area contributed by atoms with E-state index in [4.69, 9.17) is 20.0 Å². The number of para-hydroxylation sites is 3. The van der Waals surface area contributed by atoms with E-state index in [0.717, 1.165) is 88.8 Å². The molecule has 0 fully saturated rings. The Bertz CT molecular complexity index is 4070. The third-order valence-electron chi connectivity index (χ3n) is 20.7. The zero-order valence-corrected chi connectivity index (χ0v) is 71.4. The Morgan fingerprint density at radius 1 is 0.473 bits per heavy atom. The van der Waals surface area contributed by atoms with Gasteiger partial charge in [0.05, 0.1) is 106 Å². The summed E-state index contributed by atoms with van der Waals surface area (Å²) in [6.45, 7) is 40.6. The number of quaternary nitrogens is 2. The molecular formula is C90H137ClN10O9S2+2. The normalized spacial score (nSPS) is 11.9. The van der Waals surface area contributed by atoms with Crippen LogP contribution in [0.4, 0.5) is 39.8 Å². The Balaban J connectivity index is 0.000000678. The third kappa shape index (κ3) is 34.0. The van der Waals surface area contributed by atoms with Crippen LogP contribution in [0.15, 0.2) is 204 Å². The molecule has 0 amide bonds. The lowest BCUT2D eigenvalue weighted by molar-refractivity contribution is -0.921. The maximum atomic E-state index is 12.1. The van der Waals surface area contributed by atoms with Gasteiger partial charge in [-0.15, -0.1) is 0 Å². The summed E-state index contributed by atoms with van der Waals surface area (Å²) in [7, 11) is 11.9. The fourth-order valence-corrected chi connectivity index (χ4v) is 14.0. The van der Waals surface area contributed by atoms with Crippen molar-refractivity contribution in [1.29, 1.82) is 0 Å². The standard InChI is InChI=1S/C24H36N3.C17H19NO4S.C16H27N2O.C10H13NO2.C8H12N2.C7H7ClO2S.C6H15N.2CH4/c1-6-27(7-2,8-3)18-17-25(4)22-15-13-20(14-16-22)24-19-21-11-9-10-12-23(21)26(24)5;1-14-3-9-17(10-4-14)23(20,21)22-12-11-18(2)16-7-5-15(13-19)6-8-16;1-5-18(6-2,7-3)13-12-17(4)16-10-8-15(14-19)9-11-16;1-11(6-7-12)10-4-2-9(8-13)3-5-10;1-9-7-5-3-4-6-8(7)10-2;1-6-2-4-7(5-3-6)11(8,9)10;1-4-7(5-2)6-3;;/h9-16,24H,6-8,17-19H2,1-5H3;3-10,13H,11-12H2,1-2H3;8-11,14H,5-7,12-13H2,1-4H3;2-5,8,12H,6-7H2,1H3;3-6,9-10H,1-2H3;2-5H,1H3;4-6H2,1-3H3;2*1H4/q+1;;+1;;;;;;. The van der Waals surface area contributed by atoms with E-state index in [1.165, 1.54) is 122 Å². The fraction of sp³-hybridized carbons (Fsp3) is 0.433. The lowest BCUT2D eigenvalue weighted by Crippen LogP contribution is -2.51. The molecule has 22 heteroatoms. The molecule has 0 aromatic heterocycles. The maximum absolute atomic E-state index is 12.1. The zero-order chi connectivity index (χ0) is 81.9. The summed E-state index contributed by atoms with van der Waals surface area (Å²) in [5.41, 5.74) is 14.9. The summed E-state index contributed by atoms with van der Waals surface area (Å²) in [5, 5.41) is 14.9. The number of fused-ring (bicyclic) bond motifs is 1. The number of hydrogen-bond donors (Lipinski definition) is 3. The predicted molar refractivity (Wildman–Crippen MR) is 478 cm³/mol. The van der Waals surface area contributed by atoms with Crippen molar-refractivity contribution in [1.82, 2.24) is 4.90 Å². The molecule has 1 atom stereocenters. The molecule has 0 radical (unpaired) electrons. The highest BCUT2D eigenvalue weighted by molar-refractivity contribution is 8.13. The van der Waals surface area contributed by atoms with Crippen LogP contribution in [0.1, 0.15) is 137 Å². The van der Waals surface area contributed by atoms with Gasteiger partial charge in [-0.25, -0.2) is 8.42 Å². The van der Waals surface area contributed by atoms with Crippen LogP contribution in [0, 0.1) is 13.8 Å². The number of rotatable bonds is 33. The second-order valence-corrected chi connectivity index (χ2v) is 31.3. The minimum absolute atomic E-state index is 0. The maximum Gasteiger partial charge on any atom is 0.297 e. The first kappa shape index (κ1) is 101. The molecule has 3 N–H and O–H groups in total. The highest BCUT2D eigenvalue weighted by atomic mass is 35.7. The Kier molecular flexibility index (Phi) is 48.3. The van der Waals surface area contributed by atoms with Gasteiger partial charge in [0, 0.05) is 118 Å². The Morgan fingerprint density at radius 2 is 0.804 bits per heavy atom. The molecule has 112 heavy (non-hydrogen) atoms. The van der Waals surface area contributed by atoms with Gasteiger partial charge in [0.2, 0.25) is 0 Å². The monoisotopic (exact) mass is 1600 g/mol. The lowest BCUT2D eigenvalue weighted by atomic mass is 10.0. The number of likely N-dealkylation sites (N-methyl/N-ethyl adjacent to an activating group) is 7. The first-order chi connectivity index (χ1) is 52.6. The lowest BCUT2D eigenvalue weighted by Gasteiger charge is -2.37. The average molecular weight is 1600 g/mol. The molecule has 19 nitrogen and oxygen atoms in total. The average Bonchev–Trinajstić information content (AvgIpc) is 1.64. The number of nitrogens with zero attached hydrogens (tertiary/aromatic N) is 8. The fourth-order valence-electron chi connectivity index (χ4n) is 12.3. The van der Waals surface area contributed by atoms with Crippen molar-refractivity contribution >= 4 is 88.5 Å². The number of carbonyl (C=O) groups excluding carboxylic acids is 3. The van der Waals surface area contributed by atoms with Crippen molar-refractivity contribution in [3.05, 3.63) is 233 Å². The van der Waals surface area contributed by atoms with Gasteiger partial charge in [0.15, 0.2) is 0 Å². The van der Waals surface area contributed by atoms with Crippen LogP contribution in [-0.2, 0) is 29.8 Å². The quantitative estimate of drug-likeness (QED) is 0.0152. The van der Waals surface area contributed by atoms with Gasteiger partial charge < -0.3 is 54.1 Å². The van der Waals surface area contributed by atoms with Crippen LogP contribution in [-0.4, -0.2) is 215 Å². The van der Waals surface area contributed by atoms with Crippen molar-refractivity contribution in [2.45, 2.75) is 113 Å². The molecule has 618 valence electrons. The van der Waals surface area contributed by atoms with E-state index < -0.39 is 19.2 Å². The van der Waals surface area contributed by atoms with E-state index in [0.29, 0.717) is 30.3 Å². The minimum Gasteiger partial charge on any atom is -0.395 e. The molecule has 8 aromatic rings. The molecule has 0 saturated heterocycles. The second-order valence-electron chi connectivity index (χ2n) is 27.1. The number of aliphatic hydroxyl groups is 1. The van der Waals surface area contributed by atoms with Gasteiger partial charge in [-0.1, -0.05) is 113 Å². The first-order valence-electron chi connectivity index (χ1n) is 38.4. The van der Waals surface area contributed by atoms with E-state index in [2.05, 4.69) is 162 Å². The van der Waals surface area contributed by atoms with E-state index in [1.807, 2.05) is 113 Å². The number of carbonyl (C=O) groups is 3. The van der Waals surface area contributed by atoms with Crippen molar-refractivity contribution in [2.75, 3.05) is 196 Å². The van der Waals surface area contributed by atoms with Gasteiger partial charge in [0.25, 0.3) is 19.2 Å². The van der Waals surface area contributed by atoms with Gasteiger partial charge in [0.1, 0.15) is 18.9 Å². The molecule has 1 aliphatic heterocycles. The van der Waals surface area contributed by atoms with E-state index in [1.54, 1.807) is 60.7 Å². The molecule has 0 bridgehead atoms. The minimum atomic E-state index is -3.74. The summed E-state index contributed by atoms with van der Waals surface area (Å²) in [5.74, 6) is 0. The number of benzene rings is 8. The highest BCUT2D eigenvalue weighted by Gasteiger charge is 2.28. The van der Waals surface area contributed by atoms with Crippen LogP contribution in [0.3, 0.4) is 0 Å². The van der Waals surface area contributed by atoms with Crippen LogP contribution < -0.4 is 35.1 Å². The van der Waals surface area contributed by atoms with Crippen LogP contribution in [0.25, 0.3) is 0 Å². The molecule has 1 unspecified atom stereocenters. The smallest absolute Gasteiger partial charge is 0.297 e. The Morgan fingerprint density at radius 3 is 1.12 bits per heavy atom. The summed E-state index contributed by atoms with van der Waals surface area (Å²) in [4.78, 5) is 45.2. The molecule has 9 rings (SSSR count). The number of aryl methyl sites for hydroxylation is 2. The van der Waals surface area contributed by atoms with Crippen molar-refractivity contribution in [2.24, 2.45) is 0 Å². The van der Waals surface area contributed by atoms with Gasteiger partial charge in [-0.05, 0) is 220 Å². The van der Waals surface area contributed by atoms with E-state index in [9.17, 15) is 31.2 Å².